The van der Waals surface area contributed by atoms with Crippen LogP contribution in [0.1, 0.15) is 5.69 Å². The summed E-state index contributed by atoms with van der Waals surface area (Å²) in [7, 11) is 1.74. The molecule has 31 heavy (non-hydrogen) atoms. The van der Waals surface area contributed by atoms with Crippen LogP contribution in [0.4, 0.5) is 15.8 Å². The zero-order chi connectivity index (χ0) is 22.5. The molecule has 7 nitrogen and oxygen atoms in total. The third kappa shape index (κ3) is 5.36. The molecule has 0 fully saturated rings. The number of carbonyl (C=O) groups is 2. The molecule has 0 unspecified atom stereocenters. The number of anilines is 2. The number of amides is 2. The highest BCUT2D eigenvalue weighted by Crippen LogP contribution is 2.22. The van der Waals surface area contributed by atoms with E-state index in [9.17, 15) is 18.8 Å². The minimum Gasteiger partial charge on any atom is -0.324 e. The van der Waals surface area contributed by atoms with Gasteiger partial charge in [0.1, 0.15) is 11.5 Å². The number of hydrogen-bond acceptors (Lipinski definition) is 4. The molecule has 162 valence electrons. The lowest BCUT2D eigenvalue weighted by molar-refractivity contribution is -0.114. The Morgan fingerprint density at radius 2 is 1.71 bits per heavy atom. The summed E-state index contributed by atoms with van der Waals surface area (Å²) in [5, 5.41) is 5.29. The van der Waals surface area contributed by atoms with Crippen LogP contribution in [0.25, 0.3) is 5.69 Å². The Morgan fingerprint density at radius 1 is 1.06 bits per heavy atom. The Bertz CT molecular complexity index is 1180. The number of hydrogen-bond donors (Lipinski definition) is 2. The van der Waals surface area contributed by atoms with E-state index in [0.29, 0.717) is 17.1 Å². The Kier molecular flexibility index (Phi) is 7.19. The number of nitrogens with zero attached hydrogens (tertiary/aromatic N) is 2. The Labute approximate surface area is 187 Å². The van der Waals surface area contributed by atoms with Gasteiger partial charge in [0.05, 0.1) is 33.6 Å². The second-order valence-electron chi connectivity index (χ2n) is 6.65. The van der Waals surface area contributed by atoms with Gasteiger partial charge in [-0.1, -0.05) is 29.8 Å². The predicted molar refractivity (Wildman–Crippen MR) is 122 cm³/mol. The van der Waals surface area contributed by atoms with Gasteiger partial charge in [-0.05, 0) is 37.3 Å². The zero-order valence-corrected chi connectivity index (χ0v) is 18.4. The van der Waals surface area contributed by atoms with E-state index in [-0.39, 0.29) is 33.7 Å². The smallest absolute Gasteiger partial charge is 0.295 e. The lowest BCUT2D eigenvalue weighted by Crippen LogP contribution is -2.24. The van der Waals surface area contributed by atoms with Crippen LogP contribution in [0.3, 0.4) is 0 Å². The van der Waals surface area contributed by atoms with Gasteiger partial charge in [0.25, 0.3) is 5.56 Å². The van der Waals surface area contributed by atoms with Gasteiger partial charge in [-0.25, -0.2) is 9.07 Å². The number of para-hydroxylation sites is 1. The topological polar surface area (TPSA) is 85.1 Å². The first-order valence-electron chi connectivity index (χ1n) is 9.24. The van der Waals surface area contributed by atoms with Gasteiger partial charge in [-0.2, -0.15) is 0 Å². The van der Waals surface area contributed by atoms with Crippen molar-refractivity contribution in [1.29, 1.82) is 0 Å². The summed E-state index contributed by atoms with van der Waals surface area (Å²) in [5.41, 5.74) is 1.44. The van der Waals surface area contributed by atoms with E-state index in [1.807, 2.05) is 18.2 Å². The van der Waals surface area contributed by atoms with E-state index in [1.165, 1.54) is 16.8 Å². The Hall–Kier alpha value is -3.04. The molecule has 0 radical (unpaired) electrons. The van der Waals surface area contributed by atoms with Crippen LogP contribution in [-0.2, 0) is 16.6 Å². The van der Waals surface area contributed by atoms with Crippen molar-refractivity contribution in [2.24, 2.45) is 7.05 Å². The summed E-state index contributed by atoms with van der Waals surface area (Å²) >= 11 is 6.96. The van der Waals surface area contributed by atoms with Crippen molar-refractivity contribution < 1.29 is 14.0 Å². The van der Waals surface area contributed by atoms with E-state index in [1.54, 1.807) is 30.8 Å². The van der Waals surface area contributed by atoms with Crippen LogP contribution < -0.4 is 16.2 Å². The highest BCUT2D eigenvalue weighted by Gasteiger charge is 2.18. The van der Waals surface area contributed by atoms with Crippen molar-refractivity contribution >= 4 is 46.6 Å². The van der Waals surface area contributed by atoms with Crippen LogP contribution in [0.15, 0.2) is 53.3 Å². The quantitative estimate of drug-likeness (QED) is 0.562. The molecular weight excluding hydrogens is 443 g/mol. The van der Waals surface area contributed by atoms with Crippen molar-refractivity contribution in [3.8, 4) is 5.69 Å². The van der Waals surface area contributed by atoms with Gasteiger partial charge in [-0.15, -0.1) is 11.8 Å². The normalized spacial score (nSPS) is 10.7. The minimum absolute atomic E-state index is 0.0108. The number of aromatic nitrogens is 2. The molecule has 2 amide bonds. The summed E-state index contributed by atoms with van der Waals surface area (Å²) in [6.07, 6.45) is 0. The molecule has 0 aliphatic carbocycles. The molecule has 0 aliphatic rings. The SMILES string of the molecule is Cc1c(NC(=O)CSCC(=O)Nc2ccc(F)cc2Cl)c(=O)n(-c2ccccc2)n1C. The summed E-state index contributed by atoms with van der Waals surface area (Å²) in [5.74, 6) is -1.32. The van der Waals surface area contributed by atoms with Gasteiger partial charge >= 0.3 is 0 Å². The molecule has 1 heterocycles. The zero-order valence-electron chi connectivity index (χ0n) is 16.8. The molecule has 2 aromatic carbocycles. The first kappa shape index (κ1) is 22.6. The molecule has 0 saturated carbocycles. The van der Waals surface area contributed by atoms with Crippen molar-refractivity contribution in [3.05, 3.63) is 75.4 Å². The molecule has 0 atom stereocenters. The molecule has 3 rings (SSSR count). The number of thioether (sulfide) groups is 1. The summed E-state index contributed by atoms with van der Waals surface area (Å²) in [6.45, 7) is 1.74. The maximum atomic E-state index is 13.1. The molecule has 10 heteroatoms. The highest BCUT2D eigenvalue weighted by atomic mass is 35.5. The minimum atomic E-state index is -0.503. The summed E-state index contributed by atoms with van der Waals surface area (Å²) < 4.78 is 16.2. The van der Waals surface area contributed by atoms with E-state index in [2.05, 4.69) is 10.6 Å². The van der Waals surface area contributed by atoms with Crippen LogP contribution in [-0.4, -0.2) is 32.7 Å². The number of benzene rings is 2. The van der Waals surface area contributed by atoms with Crippen molar-refractivity contribution in [2.75, 3.05) is 22.1 Å². The molecular formula is C21H20ClFN4O3S. The van der Waals surface area contributed by atoms with Gasteiger partial charge in [-0.3, -0.25) is 19.1 Å². The van der Waals surface area contributed by atoms with Crippen LogP contribution in [0.2, 0.25) is 5.02 Å². The molecule has 0 aliphatic heterocycles. The van der Waals surface area contributed by atoms with E-state index >= 15 is 0 Å². The molecule has 3 aromatic rings. The third-order valence-electron chi connectivity index (χ3n) is 4.49. The number of halogens is 2. The Balaban J connectivity index is 1.58. The van der Waals surface area contributed by atoms with E-state index in [4.69, 9.17) is 11.6 Å². The van der Waals surface area contributed by atoms with Crippen LogP contribution in [0, 0.1) is 12.7 Å². The second kappa shape index (κ2) is 9.84. The molecule has 0 saturated heterocycles. The lowest BCUT2D eigenvalue weighted by Gasteiger charge is -2.07. The van der Waals surface area contributed by atoms with Gasteiger partial charge < -0.3 is 10.6 Å². The monoisotopic (exact) mass is 462 g/mol. The fourth-order valence-corrected chi connectivity index (χ4v) is 3.73. The molecule has 0 spiro atoms. The average molecular weight is 463 g/mol. The summed E-state index contributed by atoms with van der Waals surface area (Å²) in [4.78, 5) is 37.2. The van der Waals surface area contributed by atoms with Crippen molar-refractivity contribution in [3.63, 3.8) is 0 Å². The largest absolute Gasteiger partial charge is 0.324 e. The summed E-state index contributed by atoms with van der Waals surface area (Å²) in [6, 6.07) is 12.7. The first-order chi connectivity index (χ1) is 14.8. The van der Waals surface area contributed by atoms with Crippen molar-refractivity contribution in [2.45, 2.75) is 6.92 Å². The van der Waals surface area contributed by atoms with Gasteiger partial charge in [0.15, 0.2) is 0 Å². The number of carbonyl (C=O) groups excluding carboxylic acids is 2. The molecule has 1 aromatic heterocycles. The maximum Gasteiger partial charge on any atom is 0.295 e. The third-order valence-corrected chi connectivity index (χ3v) is 5.74. The van der Waals surface area contributed by atoms with Crippen molar-refractivity contribution in [1.82, 2.24) is 9.36 Å². The van der Waals surface area contributed by atoms with Crippen LogP contribution >= 0.6 is 23.4 Å². The number of rotatable bonds is 7. The van der Waals surface area contributed by atoms with E-state index in [0.717, 1.165) is 17.8 Å². The van der Waals surface area contributed by atoms with Crippen LogP contribution in [0.5, 0.6) is 0 Å². The predicted octanol–water partition coefficient (Wildman–Crippen LogP) is 3.59. The highest BCUT2D eigenvalue weighted by molar-refractivity contribution is 8.00. The number of nitrogens with one attached hydrogen (secondary N) is 2. The molecule has 2 N–H and O–H groups in total. The van der Waals surface area contributed by atoms with E-state index < -0.39 is 11.7 Å². The fraction of sp³-hybridized carbons (Fsp3) is 0.190. The standard InChI is InChI=1S/C21H20ClFN4O3S/c1-13-20(21(30)27(26(13)2)15-6-4-3-5-7-15)25-19(29)12-31-11-18(28)24-17-9-8-14(23)10-16(17)22/h3-10H,11-12H2,1-2H3,(H,24,28)(H,25,29). The van der Waals surface area contributed by atoms with Gasteiger partial charge in [0, 0.05) is 7.05 Å². The Morgan fingerprint density at radius 3 is 2.35 bits per heavy atom. The second-order valence-corrected chi connectivity index (χ2v) is 8.04. The van der Waals surface area contributed by atoms with Gasteiger partial charge in [0.2, 0.25) is 11.8 Å². The first-order valence-corrected chi connectivity index (χ1v) is 10.8. The maximum absolute atomic E-state index is 13.1. The average Bonchev–Trinajstić information content (AvgIpc) is 2.94. The molecule has 0 bridgehead atoms. The lowest BCUT2D eigenvalue weighted by atomic mass is 10.3. The fourth-order valence-electron chi connectivity index (χ4n) is 2.90.